The quantitative estimate of drug-likeness (QED) is 0.274. The molecule has 6 nitrogen and oxygen atoms in total. The van der Waals surface area contributed by atoms with Gasteiger partial charge in [-0.05, 0) is 48.5 Å². The highest BCUT2D eigenvalue weighted by atomic mass is 35.5. The number of esters is 1. The molecule has 0 radical (unpaired) electrons. The predicted molar refractivity (Wildman–Crippen MR) is 127 cm³/mol. The normalized spacial score (nSPS) is 11.1. The SMILES string of the molecule is CN(Cc1ccc(-c2ccc(Cl)cc2)o1)C(=O)COC(=O)/C=C\c1cccc2cccnc12. The largest absolute Gasteiger partial charge is 0.459 e. The summed E-state index contributed by atoms with van der Waals surface area (Å²) in [6.45, 7) is -0.111. The van der Waals surface area contributed by atoms with Crippen molar-refractivity contribution < 1.29 is 18.7 Å². The van der Waals surface area contributed by atoms with Gasteiger partial charge in [0, 0.05) is 40.9 Å². The summed E-state index contributed by atoms with van der Waals surface area (Å²) >= 11 is 5.92. The first kappa shape index (κ1) is 22.3. The number of ether oxygens (including phenoxy) is 1. The van der Waals surface area contributed by atoms with E-state index in [1.807, 2.05) is 48.5 Å². The van der Waals surface area contributed by atoms with Gasteiger partial charge in [0.05, 0.1) is 12.1 Å². The second-order valence-electron chi connectivity index (χ2n) is 7.39. The number of fused-ring (bicyclic) bond motifs is 1. The van der Waals surface area contributed by atoms with Crippen molar-refractivity contribution in [1.82, 2.24) is 9.88 Å². The Morgan fingerprint density at radius 2 is 1.85 bits per heavy atom. The highest BCUT2D eigenvalue weighted by Crippen LogP contribution is 2.24. The van der Waals surface area contributed by atoms with Crippen LogP contribution in [0, 0.1) is 0 Å². The molecule has 4 aromatic rings. The van der Waals surface area contributed by atoms with Crippen LogP contribution in [0.15, 0.2) is 83.4 Å². The van der Waals surface area contributed by atoms with Crippen molar-refractivity contribution in [3.63, 3.8) is 0 Å². The molecule has 0 aliphatic rings. The molecule has 0 unspecified atom stereocenters. The van der Waals surface area contributed by atoms with Gasteiger partial charge in [0.25, 0.3) is 5.91 Å². The van der Waals surface area contributed by atoms with Gasteiger partial charge in [0.1, 0.15) is 11.5 Å². The maximum Gasteiger partial charge on any atom is 0.331 e. The van der Waals surface area contributed by atoms with Gasteiger partial charge in [-0.1, -0.05) is 35.9 Å². The lowest BCUT2D eigenvalue weighted by Crippen LogP contribution is -2.30. The summed E-state index contributed by atoms with van der Waals surface area (Å²) in [6, 6.07) is 20.4. The number of rotatable bonds is 7. The number of furan rings is 1. The summed E-state index contributed by atoms with van der Waals surface area (Å²) in [5.74, 6) is 0.355. The van der Waals surface area contributed by atoms with Crippen LogP contribution in [-0.4, -0.2) is 35.4 Å². The molecule has 0 aliphatic heterocycles. The molecule has 1 amide bonds. The van der Waals surface area contributed by atoms with Crippen molar-refractivity contribution in [2.45, 2.75) is 6.54 Å². The van der Waals surface area contributed by atoms with Gasteiger partial charge >= 0.3 is 5.97 Å². The molecule has 0 saturated heterocycles. The molecule has 2 aromatic carbocycles. The third-order valence-corrected chi connectivity index (χ3v) is 5.26. The summed E-state index contributed by atoms with van der Waals surface area (Å²) in [6.07, 6.45) is 4.62. The summed E-state index contributed by atoms with van der Waals surface area (Å²) in [5.41, 5.74) is 2.47. The Bertz CT molecular complexity index is 1310. The number of amides is 1. The Labute approximate surface area is 196 Å². The van der Waals surface area contributed by atoms with E-state index >= 15 is 0 Å². The Morgan fingerprint density at radius 1 is 1.06 bits per heavy atom. The molecule has 0 fully saturated rings. The molecule has 4 rings (SSSR count). The van der Waals surface area contributed by atoms with Crippen LogP contribution in [0.2, 0.25) is 5.02 Å². The molecule has 2 aromatic heterocycles. The Balaban J connectivity index is 1.30. The van der Waals surface area contributed by atoms with Gasteiger partial charge in [-0.3, -0.25) is 9.78 Å². The van der Waals surface area contributed by atoms with Crippen LogP contribution in [0.3, 0.4) is 0 Å². The van der Waals surface area contributed by atoms with Crippen molar-refractivity contribution in [2.24, 2.45) is 0 Å². The number of halogens is 1. The monoisotopic (exact) mass is 460 g/mol. The van der Waals surface area contributed by atoms with Gasteiger partial charge in [-0.2, -0.15) is 0 Å². The number of carbonyl (C=O) groups is 2. The summed E-state index contributed by atoms with van der Waals surface area (Å²) in [4.78, 5) is 30.3. The van der Waals surface area contributed by atoms with Crippen LogP contribution >= 0.6 is 11.6 Å². The molecular formula is C26H21ClN2O4. The van der Waals surface area contributed by atoms with Crippen LogP contribution in [0.4, 0.5) is 0 Å². The highest BCUT2D eigenvalue weighted by Gasteiger charge is 2.14. The molecule has 33 heavy (non-hydrogen) atoms. The van der Waals surface area contributed by atoms with Crippen LogP contribution in [0.25, 0.3) is 28.3 Å². The van der Waals surface area contributed by atoms with E-state index in [2.05, 4.69) is 4.98 Å². The van der Waals surface area contributed by atoms with E-state index in [1.54, 1.807) is 37.5 Å². The van der Waals surface area contributed by atoms with E-state index in [-0.39, 0.29) is 19.1 Å². The van der Waals surface area contributed by atoms with Crippen molar-refractivity contribution in [3.05, 3.63) is 95.3 Å². The second kappa shape index (κ2) is 10.1. The van der Waals surface area contributed by atoms with Crippen molar-refractivity contribution in [2.75, 3.05) is 13.7 Å². The molecule has 7 heteroatoms. The zero-order valence-corrected chi connectivity index (χ0v) is 18.7. The Morgan fingerprint density at radius 3 is 2.67 bits per heavy atom. The topological polar surface area (TPSA) is 72.6 Å². The fraction of sp³-hybridized carbons (Fsp3) is 0.115. The Hall–Kier alpha value is -3.90. The fourth-order valence-electron chi connectivity index (χ4n) is 3.27. The fourth-order valence-corrected chi connectivity index (χ4v) is 3.39. The first-order valence-corrected chi connectivity index (χ1v) is 10.6. The van der Waals surface area contributed by atoms with Crippen molar-refractivity contribution in [3.8, 4) is 11.3 Å². The molecule has 2 heterocycles. The minimum atomic E-state index is -0.604. The van der Waals surface area contributed by atoms with E-state index in [9.17, 15) is 9.59 Å². The minimum absolute atomic E-state index is 0.251. The van der Waals surface area contributed by atoms with Gasteiger partial charge in [0.2, 0.25) is 0 Å². The van der Waals surface area contributed by atoms with Crippen LogP contribution in [0.5, 0.6) is 0 Å². The second-order valence-corrected chi connectivity index (χ2v) is 7.82. The lowest BCUT2D eigenvalue weighted by Gasteiger charge is -2.15. The van der Waals surface area contributed by atoms with E-state index in [0.29, 0.717) is 16.5 Å². The summed E-state index contributed by atoms with van der Waals surface area (Å²) in [5, 5.41) is 1.62. The van der Waals surface area contributed by atoms with E-state index in [1.165, 1.54) is 11.0 Å². The molecule has 0 saturated carbocycles. The van der Waals surface area contributed by atoms with E-state index < -0.39 is 5.97 Å². The van der Waals surface area contributed by atoms with Gasteiger partial charge in [0.15, 0.2) is 6.61 Å². The van der Waals surface area contributed by atoms with E-state index in [4.69, 9.17) is 20.8 Å². The molecule has 0 bridgehead atoms. The van der Waals surface area contributed by atoms with Gasteiger partial charge < -0.3 is 14.1 Å². The van der Waals surface area contributed by atoms with Crippen molar-refractivity contribution in [1.29, 1.82) is 0 Å². The first-order chi connectivity index (χ1) is 16.0. The number of likely N-dealkylation sites (N-methyl/N-ethyl adjacent to an activating group) is 1. The van der Waals surface area contributed by atoms with Crippen LogP contribution < -0.4 is 0 Å². The van der Waals surface area contributed by atoms with Crippen LogP contribution in [0.1, 0.15) is 11.3 Å². The average Bonchev–Trinajstić information content (AvgIpc) is 3.30. The maximum absolute atomic E-state index is 12.4. The summed E-state index contributed by atoms with van der Waals surface area (Å²) in [7, 11) is 1.62. The molecule has 166 valence electrons. The third kappa shape index (κ3) is 5.67. The summed E-state index contributed by atoms with van der Waals surface area (Å²) < 4.78 is 10.9. The van der Waals surface area contributed by atoms with Crippen molar-refractivity contribution >= 4 is 40.5 Å². The number of pyridine rings is 1. The standard InChI is InChI=1S/C26H21ClN2O4/c1-29(16-22-12-13-23(33-22)18-7-10-21(27)11-8-18)24(30)17-32-25(31)14-9-20-5-2-4-19-6-3-15-28-26(19)20/h2-15H,16-17H2,1H3/b14-9-. The number of aromatic nitrogens is 1. The zero-order valence-electron chi connectivity index (χ0n) is 17.9. The number of carbonyl (C=O) groups excluding carboxylic acids is 2. The molecular weight excluding hydrogens is 440 g/mol. The minimum Gasteiger partial charge on any atom is -0.459 e. The lowest BCUT2D eigenvalue weighted by molar-refractivity contribution is -0.147. The first-order valence-electron chi connectivity index (χ1n) is 10.3. The maximum atomic E-state index is 12.4. The molecule has 0 aliphatic carbocycles. The number of nitrogens with zero attached hydrogens (tertiary/aromatic N) is 2. The van der Waals surface area contributed by atoms with Gasteiger partial charge in [-0.15, -0.1) is 0 Å². The van der Waals surface area contributed by atoms with Crippen LogP contribution in [-0.2, 0) is 20.9 Å². The molecule has 0 spiro atoms. The molecule has 0 N–H and O–H groups in total. The zero-order chi connectivity index (χ0) is 23.2. The lowest BCUT2D eigenvalue weighted by atomic mass is 10.1. The highest BCUT2D eigenvalue weighted by molar-refractivity contribution is 6.30. The Kier molecular flexibility index (Phi) is 6.86. The number of hydrogen-bond donors (Lipinski definition) is 0. The molecule has 0 atom stereocenters. The third-order valence-electron chi connectivity index (χ3n) is 5.01. The van der Waals surface area contributed by atoms with Gasteiger partial charge in [-0.25, -0.2) is 4.79 Å². The number of benzene rings is 2. The number of para-hydroxylation sites is 1. The average molecular weight is 461 g/mol. The predicted octanol–water partition coefficient (Wildman–Crippen LogP) is 5.36. The number of hydrogen-bond acceptors (Lipinski definition) is 5. The van der Waals surface area contributed by atoms with E-state index in [0.717, 1.165) is 22.0 Å². The smallest absolute Gasteiger partial charge is 0.331 e.